The lowest BCUT2D eigenvalue weighted by atomic mass is 10.2. The van der Waals surface area contributed by atoms with Gasteiger partial charge in [0.15, 0.2) is 6.10 Å². The highest BCUT2D eigenvalue weighted by Gasteiger charge is 2.22. The normalized spacial score (nSPS) is 11.4. The molecule has 0 bridgehead atoms. The fourth-order valence-electron chi connectivity index (χ4n) is 2.10. The molecular weight excluding hydrogens is 383 g/mol. The molecule has 148 valence electrons. The maximum absolute atomic E-state index is 13.6. The van der Waals surface area contributed by atoms with Gasteiger partial charge >= 0.3 is 5.97 Å². The number of rotatable bonds is 7. The smallest absolute Gasteiger partial charge is 0.340 e. The molecule has 0 saturated heterocycles. The monoisotopic (exact) mass is 404 g/mol. The second-order valence-corrected chi connectivity index (χ2v) is 7.11. The molecule has 0 unspecified atom stereocenters. The summed E-state index contributed by atoms with van der Waals surface area (Å²) in [5, 5.41) is 2.39. The van der Waals surface area contributed by atoms with E-state index in [-0.39, 0.29) is 22.9 Å². The number of benzene rings is 2. The fourth-order valence-corrected chi connectivity index (χ4v) is 3.12. The first-order chi connectivity index (χ1) is 13.3. The molecule has 0 radical (unpaired) electrons. The molecule has 1 N–H and O–H groups in total. The van der Waals surface area contributed by atoms with Crippen molar-refractivity contribution in [1.29, 1.82) is 0 Å². The minimum Gasteiger partial charge on any atom is -0.449 e. The number of carbonyl (C=O) groups is 3. The minimum atomic E-state index is -1.13. The highest BCUT2D eigenvalue weighted by atomic mass is 32.2. The molecule has 0 saturated carbocycles. The van der Waals surface area contributed by atoms with Crippen molar-refractivity contribution < 1.29 is 23.5 Å². The Labute approximate surface area is 167 Å². The lowest BCUT2D eigenvalue weighted by molar-refractivity contribution is -0.126. The van der Waals surface area contributed by atoms with Crippen LogP contribution in [0.2, 0.25) is 0 Å². The van der Waals surface area contributed by atoms with Crippen molar-refractivity contribution in [2.45, 2.75) is 17.9 Å². The number of esters is 1. The number of anilines is 1. The highest BCUT2D eigenvalue weighted by molar-refractivity contribution is 8.00. The third-order valence-corrected chi connectivity index (χ3v) is 4.80. The molecule has 8 heteroatoms. The van der Waals surface area contributed by atoms with Gasteiger partial charge in [0.25, 0.3) is 5.91 Å². The Kier molecular flexibility index (Phi) is 7.57. The number of para-hydroxylation sites is 1. The lowest BCUT2D eigenvalue weighted by Crippen LogP contribution is -2.30. The van der Waals surface area contributed by atoms with Gasteiger partial charge in [-0.25, -0.2) is 9.18 Å². The molecule has 28 heavy (non-hydrogen) atoms. The van der Waals surface area contributed by atoms with Crippen LogP contribution in [0.1, 0.15) is 17.3 Å². The van der Waals surface area contributed by atoms with E-state index in [2.05, 4.69) is 5.32 Å². The molecule has 1 atom stereocenters. The molecule has 2 aromatic rings. The number of carbonyl (C=O) groups excluding carboxylic acids is 3. The van der Waals surface area contributed by atoms with Gasteiger partial charge in [-0.15, -0.1) is 11.8 Å². The second kappa shape index (κ2) is 9.89. The van der Waals surface area contributed by atoms with Gasteiger partial charge in [-0.3, -0.25) is 9.59 Å². The maximum atomic E-state index is 13.6. The van der Waals surface area contributed by atoms with Crippen LogP contribution in [-0.4, -0.2) is 48.6 Å². The number of thioether (sulfide) groups is 1. The average molecular weight is 404 g/mol. The van der Waals surface area contributed by atoms with Crippen LogP contribution >= 0.6 is 11.8 Å². The van der Waals surface area contributed by atoms with Crippen molar-refractivity contribution in [3.63, 3.8) is 0 Å². The van der Waals surface area contributed by atoms with Gasteiger partial charge in [0.05, 0.1) is 17.0 Å². The van der Waals surface area contributed by atoms with Crippen molar-refractivity contribution in [1.82, 2.24) is 4.90 Å². The summed E-state index contributed by atoms with van der Waals surface area (Å²) < 4.78 is 18.9. The number of hydrogen-bond donors (Lipinski definition) is 1. The molecule has 0 aliphatic rings. The Morgan fingerprint density at radius 3 is 2.43 bits per heavy atom. The zero-order valence-corrected chi connectivity index (χ0v) is 16.6. The average Bonchev–Trinajstić information content (AvgIpc) is 2.67. The zero-order valence-electron chi connectivity index (χ0n) is 15.8. The zero-order chi connectivity index (χ0) is 20.7. The van der Waals surface area contributed by atoms with E-state index in [0.717, 1.165) is 0 Å². The summed E-state index contributed by atoms with van der Waals surface area (Å²) in [7, 11) is 3.30. The first-order valence-corrected chi connectivity index (χ1v) is 9.46. The number of hydrogen-bond acceptors (Lipinski definition) is 5. The third-order valence-electron chi connectivity index (χ3n) is 3.74. The van der Waals surface area contributed by atoms with Crippen LogP contribution in [0.3, 0.4) is 0 Å². The molecule has 2 amide bonds. The molecule has 2 rings (SSSR count). The molecule has 0 heterocycles. The van der Waals surface area contributed by atoms with Gasteiger partial charge in [0.1, 0.15) is 5.82 Å². The van der Waals surface area contributed by atoms with Gasteiger partial charge in [-0.2, -0.15) is 0 Å². The topological polar surface area (TPSA) is 75.7 Å². The predicted molar refractivity (Wildman–Crippen MR) is 106 cm³/mol. The standard InChI is InChI=1S/C20H21FN2O4S/c1-13(19(25)22-16-10-6-5-9-15(16)21)27-20(26)14-8-4-7-11-17(14)28-12-18(24)23(2)3/h4-11,13H,12H2,1-3H3,(H,22,25)/t13-/m1/s1. The van der Waals surface area contributed by atoms with Crippen LogP contribution in [0.25, 0.3) is 0 Å². The van der Waals surface area contributed by atoms with Crippen molar-refractivity contribution >= 4 is 35.2 Å². The SMILES string of the molecule is C[C@@H](OC(=O)c1ccccc1SCC(=O)N(C)C)C(=O)Nc1ccccc1F. The van der Waals surface area contributed by atoms with Crippen LogP contribution in [0.15, 0.2) is 53.4 Å². The largest absolute Gasteiger partial charge is 0.449 e. The summed E-state index contributed by atoms with van der Waals surface area (Å²) in [5.41, 5.74) is 0.262. The van der Waals surface area contributed by atoms with E-state index in [1.807, 2.05) is 0 Å². The fraction of sp³-hybridized carbons (Fsp3) is 0.250. The van der Waals surface area contributed by atoms with Crippen molar-refractivity contribution in [3.05, 3.63) is 59.9 Å². The number of nitrogens with one attached hydrogen (secondary N) is 1. The molecule has 0 fully saturated rings. The van der Waals surface area contributed by atoms with E-state index in [1.54, 1.807) is 44.4 Å². The minimum absolute atomic E-state index is 0.00792. The number of ether oxygens (including phenoxy) is 1. The van der Waals surface area contributed by atoms with Gasteiger partial charge in [0.2, 0.25) is 5.91 Å². The Hall–Kier alpha value is -2.87. The second-order valence-electron chi connectivity index (χ2n) is 6.09. The number of halogens is 1. The van der Waals surface area contributed by atoms with Gasteiger partial charge < -0.3 is 15.0 Å². The van der Waals surface area contributed by atoms with E-state index in [0.29, 0.717) is 4.90 Å². The summed E-state index contributed by atoms with van der Waals surface area (Å²) in [5.74, 6) is -1.85. The van der Waals surface area contributed by atoms with Crippen LogP contribution in [0, 0.1) is 5.82 Å². The number of amides is 2. The highest BCUT2D eigenvalue weighted by Crippen LogP contribution is 2.24. The molecule has 0 spiro atoms. The molecule has 2 aromatic carbocycles. The summed E-state index contributed by atoms with van der Waals surface area (Å²) in [6.45, 7) is 1.40. The van der Waals surface area contributed by atoms with Crippen LogP contribution in [-0.2, 0) is 14.3 Å². The Morgan fingerprint density at radius 1 is 1.11 bits per heavy atom. The Balaban J connectivity index is 2.03. The molecule has 0 aliphatic heterocycles. The van der Waals surface area contributed by atoms with Crippen LogP contribution in [0.5, 0.6) is 0 Å². The van der Waals surface area contributed by atoms with E-state index in [9.17, 15) is 18.8 Å². The van der Waals surface area contributed by atoms with Crippen molar-refractivity contribution in [2.24, 2.45) is 0 Å². The summed E-state index contributed by atoms with van der Waals surface area (Å²) >= 11 is 1.21. The predicted octanol–water partition coefficient (Wildman–Crippen LogP) is 3.19. The molecular formula is C20H21FN2O4S. The quantitative estimate of drug-likeness (QED) is 0.567. The molecule has 0 aliphatic carbocycles. The van der Waals surface area contributed by atoms with Crippen LogP contribution in [0.4, 0.5) is 10.1 Å². The maximum Gasteiger partial charge on any atom is 0.340 e. The van der Waals surface area contributed by atoms with Crippen LogP contribution < -0.4 is 5.32 Å². The molecule has 6 nitrogen and oxygen atoms in total. The first kappa shape index (κ1) is 21.4. The first-order valence-electron chi connectivity index (χ1n) is 8.48. The van der Waals surface area contributed by atoms with Gasteiger partial charge in [-0.1, -0.05) is 24.3 Å². The lowest BCUT2D eigenvalue weighted by Gasteiger charge is -2.15. The Bertz CT molecular complexity index is 873. The number of nitrogens with zero attached hydrogens (tertiary/aromatic N) is 1. The van der Waals surface area contributed by atoms with E-state index in [4.69, 9.17) is 4.74 Å². The summed E-state index contributed by atoms with van der Waals surface area (Å²) in [6.07, 6.45) is -1.13. The molecule has 0 aromatic heterocycles. The van der Waals surface area contributed by atoms with Crippen molar-refractivity contribution in [3.8, 4) is 0 Å². The van der Waals surface area contributed by atoms with Gasteiger partial charge in [0, 0.05) is 19.0 Å². The summed E-state index contributed by atoms with van der Waals surface area (Å²) in [6, 6.07) is 12.4. The Morgan fingerprint density at radius 2 is 1.75 bits per heavy atom. The van der Waals surface area contributed by atoms with E-state index in [1.165, 1.54) is 41.8 Å². The summed E-state index contributed by atoms with van der Waals surface area (Å²) in [4.78, 5) is 38.5. The van der Waals surface area contributed by atoms with Crippen molar-refractivity contribution in [2.75, 3.05) is 25.2 Å². The van der Waals surface area contributed by atoms with E-state index >= 15 is 0 Å². The third kappa shape index (κ3) is 5.82. The van der Waals surface area contributed by atoms with Gasteiger partial charge in [-0.05, 0) is 31.2 Å². The van der Waals surface area contributed by atoms with E-state index < -0.39 is 23.8 Å².